The molecular formula is C33H31F2N5O. The van der Waals surface area contributed by atoms with Crippen molar-refractivity contribution in [3.8, 4) is 17.2 Å². The van der Waals surface area contributed by atoms with E-state index in [2.05, 4.69) is 16.3 Å². The maximum atomic E-state index is 14.3. The van der Waals surface area contributed by atoms with E-state index in [-0.39, 0.29) is 24.1 Å². The Labute approximate surface area is 238 Å². The monoisotopic (exact) mass is 551 g/mol. The minimum absolute atomic E-state index is 0.0591. The molecule has 41 heavy (non-hydrogen) atoms. The molecule has 3 aromatic carbocycles. The molecule has 2 fully saturated rings. The zero-order valence-electron chi connectivity index (χ0n) is 22.7. The van der Waals surface area contributed by atoms with E-state index < -0.39 is 11.6 Å². The lowest BCUT2D eigenvalue weighted by Gasteiger charge is -2.29. The molecule has 2 aliphatic heterocycles. The minimum Gasteiger partial charge on any atom is -0.366 e. The van der Waals surface area contributed by atoms with Crippen molar-refractivity contribution in [3.05, 3.63) is 95.1 Å². The number of hydrogen-bond donors (Lipinski definition) is 1. The number of anilines is 1. The molecule has 208 valence electrons. The summed E-state index contributed by atoms with van der Waals surface area (Å²) in [6.45, 7) is 3.62. The Morgan fingerprint density at radius 1 is 0.951 bits per heavy atom. The molecule has 0 radical (unpaired) electrons. The topological polar surface area (TPSA) is 72.3 Å². The minimum atomic E-state index is -0.636. The predicted octanol–water partition coefficient (Wildman–Crippen LogP) is 6.36. The molecule has 0 unspecified atom stereocenters. The molecule has 1 N–H and O–H groups in total. The zero-order valence-corrected chi connectivity index (χ0v) is 22.7. The number of halogens is 2. The van der Waals surface area contributed by atoms with Gasteiger partial charge in [-0.25, -0.2) is 13.8 Å². The number of fused-ring (bicyclic) bond motifs is 1. The SMILES string of the molecule is N#Cc1ccc(-c2ccc3nc(NCc4c(F)cccc4F)cc(C(=O)N4CCC[C@H]4CN4CCCC4)c3c2)cc1. The van der Waals surface area contributed by atoms with Crippen LogP contribution in [0.2, 0.25) is 0 Å². The first-order valence-electron chi connectivity index (χ1n) is 14.2. The first kappa shape index (κ1) is 26.9. The van der Waals surface area contributed by atoms with Gasteiger partial charge in [-0.3, -0.25) is 4.79 Å². The molecule has 0 spiro atoms. The molecule has 3 heterocycles. The molecule has 1 atom stereocenters. The molecule has 6 rings (SSSR count). The largest absolute Gasteiger partial charge is 0.366 e. The molecule has 4 aromatic rings. The fraction of sp³-hybridized carbons (Fsp3) is 0.303. The van der Waals surface area contributed by atoms with Gasteiger partial charge in [-0.05, 0) is 92.4 Å². The zero-order chi connectivity index (χ0) is 28.3. The molecule has 1 aromatic heterocycles. The number of nitrogens with one attached hydrogen (secondary N) is 1. The summed E-state index contributed by atoms with van der Waals surface area (Å²) in [5, 5.41) is 12.9. The Morgan fingerprint density at radius 3 is 2.41 bits per heavy atom. The fourth-order valence-electron chi connectivity index (χ4n) is 6.00. The summed E-state index contributed by atoms with van der Waals surface area (Å²) in [5.41, 5.74) is 3.45. The van der Waals surface area contributed by atoms with Crippen molar-refractivity contribution in [2.24, 2.45) is 0 Å². The molecule has 2 aliphatic rings. The van der Waals surface area contributed by atoms with E-state index in [1.54, 1.807) is 18.2 Å². The third kappa shape index (κ3) is 5.63. The second-order valence-corrected chi connectivity index (χ2v) is 10.8. The fourth-order valence-corrected chi connectivity index (χ4v) is 6.00. The first-order chi connectivity index (χ1) is 20.0. The number of benzene rings is 3. The van der Waals surface area contributed by atoms with E-state index in [0.29, 0.717) is 34.4 Å². The Balaban J connectivity index is 1.37. The Bertz CT molecular complexity index is 1610. The van der Waals surface area contributed by atoms with Crippen molar-refractivity contribution in [2.45, 2.75) is 38.3 Å². The third-order valence-corrected chi connectivity index (χ3v) is 8.20. The lowest BCUT2D eigenvalue weighted by atomic mass is 9.99. The molecular weight excluding hydrogens is 520 g/mol. The molecule has 2 saturated heterocycles. The van der Waals surface area contributed by atoms with E-state index in [9.17, 15) is 18.8 Å². The Hall–Kier alpha value is -4.35. The number of nitriles is 1. The summed E-state index contributed by atoms with van der Waals surface area (Å²) in [6, 6.07) is 20.8. The van der Waals surface area contributed by atoms with E-state index >= 15 is 0 Å². The van der Waals surface area contributed by atoms with Gasteiger partial charge in [0, 0.05) is 36.6 Å². The van der Waals surface area contributed by atoms with Crippen LogP contribution in [0.3, 0.4) is 0 Å². The number of rotatable bonds is 7. The Kier molecular flexibility index (Phi) is 7.62. The van der Waals surface area contributed by atoms with Gasteiger partial charge in [-0.2, -0.15) is 5.26 Å². The van der Waals surface area contributed by atoms with Gasteiger partial charge in [0.2, 0.25) is 0 Å². The quantitative estimate of drug-likeness (QED) is 0.289. The van der Waals surface area contributed by atoms with Crippen LogP contribution in [0.5, 0.6) is 0 Å². The van der Waals surface area contributed by atoms with Crippen molar-refractivity contribution in [2.75, 3.05) is 31.5 Å². The molecule has 6 nitrogen and oxygen atoms in total. The van der Waals surface area contributed by atoms with Gasteiger partial charge in [-0.1, -0.05) is 24.3 Å². The number of carbonyl (C=O) groups excluding carboxylic acids is 1. The van der Waals surface area contributed by atoms with Crippen molar-refractivity contribution in [1.29, 1.82) is 5.26 Å². The van der Waals surface area contributed by atoms with Gasteiger partial charge in [0.05, 0.1) is 22.7 Å². The van der Waals surface area contributed by atoms with Crippen LogP contribution >= 0.6 is 0 Å². The maximum absolute atomic E-state index is 14.3. The normalized spacial score (nSPS) is 17.2. The first-order valence-corrected chi connectivity index (χ1v) is 14.2. The third-order valence-electron chi connectivity index (χ3n) is 8.20. The van der Waals surface area contributed by atoms with Crippen LogP contribution in [0.1, 0.15) is 47.2 Å². The highest BCUT2D eigenvalue weighted by molar-refractivity contribution is 6.08. The summed E-state index contributed by atoms with van der Waals surface area (Å²) in [5.74, 6) is -0.951. The Morgan fingerprint density at radius 2 is 1.68 bits per heavy atom. The standard InChI is InChI=1S/C33H31F2N5O/c34-29-6-3-7-30(35)28(29)20-37-32-18-27(33(41)40-16-4-5-25(40)21-39-14-1-2-15-39)26-17-24(12-13-31(26)38-32)23-10-8-22(19-36)9-11-23/h3,6-13,17-18,25H,1-2,4-5,14-16,20-21H2,(H,37,38)/t25-/m0/s1. The lowest BCUT2D eigenvalue weighted by Crippen LogP contribution is -2.42. The number of nitrogens with zero attached hydrogens (tertiary/aromatic N) is 4. The van der Waals surface area contributed by atoms with Gasteiger partial charge in [0.15, 0.2) is 0 Å². The van der Waals surface area contributed by atoms with Gasteiger partial charge in [-0.15, -0.1) is 0 Å². The van der Waals surface area contributed by atoms with E-state index in [1.807, 2.05) is 35.2 Å². The van der Waals surface area contributed by atoms with Crippen LogP contribution in [0.4, 0.5) is 14.6 Å². The molecule has 0 bridgehead atoms. The molecule has 0 aliphatic carbocycles. The van der Waals surface area contributed by atoms with Crippen molar-refractivity contribution in [3.63, 3.8) is 0 Å². The van der Waals surface area contributed by atoms with Gasteiger partial charge >= 0.3 is 0 Å². The second-order valence-electron chi connectivity index (χ2n) is 10.8. The van der Waals surface area contributed by atoms with Crippen LogP contribution in [-0.4, -0.2) is 52.9 Å². The van der Waals surface area contributed by atoms with Crippen LogP contribution in [0.25, 0.3) is 22.0 Å². The molecule has 1 amide bonds. The van der Waals surface area contributed by atoms with Crippen molar-refractivity contribution < 1.29 is 13.6 Å². The molecule has 0 saturated carbocycles. The van der Waals surface area contributed by atoms with Gasteiger partial charge < -0.3 is 15.1 Å². The van der Waals surface area contributed by atoms with Crippen LogP contribution in [0.15, 0.2) is 66.7 Å². The highest BCUT2D eigenvalue weighted by Gasteiger charge is 2.32. The average Bonchev–Trinajstić information content (AvgIpc) is 3.69. The number of amides is 1. The summed E-state index contributed by atoms with van der Waals surface area (Å²) < 4.78 is 28.6. The summed E-state index contributed by atoms with van der Waals surface area (Å²) in [6.07, 6.45) is 4.33. The number of hydrogen-bond acceptors (Lipinski definition) is 5. The summed E-state index contributed by atoms with van der Waals surface area (Å²) in [7, 11) is 0. The highest BCUT2D eigenvalue weighted by atomic mass is 19.1. The number of carbonyl (C=O) groups is 1. The van der Waals surface area contributed by atoms with E-state index in [1.165, 1.54) is 31.0 Å². The highest BCUT2D eigenvalue weighted by Crippen LogP contribution is 2.31. The molecule has 8 heteroatoms. The number of likely N-dealkylation sites (tertiary alicyclic amines) is 2. The predicted molar refractivity (Wildman–Crippen MR) is 155 cm³/mol. The van der Waals surface area contributed by atoms with Crippen LogP contribution in [-0.2, 0) is 6.54 Å². The average molecular weight is 552 g/mol. The van der Waals surface area contributed by atoms with Gasteiger partial charge in [0.1, 0.15) is 17.5 Å². The van der Waals surface area contributed by atoms with E-state index in [0.717, 1.165) is 43.6 Å². The maximum Gasteiger partial charge on any atom is 0.254 e. The summed E-state index contributed by atoms with van der Waals surface area (Å²) >= 11 is 0. The smallest absolute Gasteiger partial charge is 0.254 e. The van der Waals surface area contributed by atoms with Crippen LogP contribution in [0, 0.1) is 23.0 Å². The van der Waals surface area contributed by atoms with Crippen molar-refractivity contribution >= 4 is 22.6 Å². The van der Waals surface area contributed by atoms with Crippen LogP contribution < -0.4 is 5.32 Å². The van der Waals surface area contributed by atoms with Gasteiger partial charge in [0.25, 0.3) is 5.91 Å². The van der Waals surface area contributed by atoms with Crippen molar-refractivity contribution in [1.82, 2.24) is 14.8 Å². The number of aromatic nitrogens is 1. The lowest BCUT2D eigenvalue weighted by molar-refractivity contribution is 0.0710. The second kappa shape index (κ2) is 11.6. The summed E-state index contributed by atoms with van der Waals surface area (Å²) in [4.78, 5) is 23.3. The number of pyridine rings is 1. The van der Waals surface area contributed by atoms with E-state index in [4.69, 9.17) is 4.98 Å².